The highest BCUT2D eigenvalue weighted by Crippen LogP contribution is 2.21. The summed E-state index contributed by atoms with van der Waals surface area (Å²) >= 11 is 1.57. The van der Waals surface area contributed by atoms with Crippen LogP contribution in [0, 0.1) is 11.8 Å². The monoisotopic (exact) mass is 283 g/mol. The highest BCUT2D eigenvalue weighted by Gasteiger charge is 2.16. The molecule has 2 atom stereocenters. The Morgan fingerprint density at radius 2 is 2.16 bits per heavy atom. The van der Waals surface area contributed by atoms with Crippen molar-refractivity contribution in [2.24, 2.45) is 17.6 Å². The van der Waals surface area contributed by atoms with Crippen LogP contribution >= 0.6 is 11.3 Å². The minimum Gasteiger partial charge on any atom is -0.347 e. The van der Waals surface area contributed by atoms with Crippen LogP contribution in [-0.4, -0.2) is 17.4 Å². The molecule has 2 unspecified atom stereocenters. The van der Waals surface area contributed by atoms with Crippen LogP contribution in [0.4, 0.5) is 0 Å². The van der Waals surface area contributed by atoms with E-state index < -0.39 is 0 Å². The predicted octanol–water partition coefficient (Wildman–Crippen LogP) is 2.72. The Morgan fingerprint density at radius 1 is 1.42 bits per heavy atom. The lowest BCUT2D eigenvalue weighted by Crippen LogP contribution is -2.27. The quantitative estimate of drug-likeness (QED) is 0.771. The molecule has 0 aliphatic heterocycles. The lowest BCUT2D eigenvalue weighted by atomic mass is 9.88. The summed E-state index contributed by atoms with van der Waals surface area (Å²) in [6.07, 6.45) is 4.23. The number of carbonyl (C=O) groups excluding carboxylic acids is 1. The zero-order valence-electron chi connectivity index (χ0n) is 12.1. The first-order valence-corrected chi connectivity index (χ1v) is 7.81. The zero-order chi connectivity index (χ0) is 14.3. The van der Waals surface area contributed by atoms with Gasteiger partial charge in [-0.05, 0) is 38.1 Å². The molecule has 19 heavy (non-hydrogen) atoms. The van der Waals surface area contributed by atoms with Crippen molar-refractivity contribution in [3.8, 4) is 0 Å². The van der Waals surface area contributed by atoms with Gasteiger partial charge in [-0.3, -0.25) is 4.79 Å². The molecule has 0 aliphatic carbocycles. The second-order valence-corrected chi connectivity index (χ2v) is 6.21. The van der Waals surface area contributed by atoms with Gasteiger partial charge in [-0.25, -0.2) is 4.98 Å². The molecule has 0 radical (unpaired) electrons. The molecule has 5 heteroatoms. The molecule has 0 saturated heterocycles. The van der Waals surface area contributed by atoms with Gasteiger partial charge in [-0.2, -0.15) is 0 Å². The van der Waals surface area contributed by atoms with Crippen molar-refractivity contribution in [3.05, 3.63) is 16.6 Å². The zero-order valence-corrected chi connectivity index (χ0v) is 12.9. The van der Waals surface area contributed by atoms with Gasteiger partial charge in [0.1, 0.15) is 5.01 Å². The molecule has 0 aliphatic rings. The van der Waals surface area contributed by atoms with Gasteiger partial charge in [-0.15, -0.1) is 11.3 Å². The normalized spacial score (nSPS) is 14.4. The number of amides is 1. The molecular formula is C14H25N3OS. The van der Waals surface area contributed by atoms with Gasteiger partial charge in [0, 0.05) is 18.0 Å². The van der Waals surface area contributed by atoms with Crippen LogP contribution in [0.15, 0.2) is 11.6 Å². The molecule has 0 bridgehead atoms. The summed E-state index contributed by atoms with van der Waals surface area (Å²) in [6, 6.07) is -0.000455. The van der Waals surface area contributed by atoms with Crippen molar-refractivity contribution in [1.82, 2.24) is 10.3 Å². The molecule has 108 valence electrons. The van der Waals surface area contributed by atoms with Crippen LogP contribution < -0.4 is 11.1 Å². The molecule has 1 rings (SSSR count). The van der Waals surface area contributed by atoms with Crippen LogP contribution in [0.1, 0.15) is 51.1 Å². The number of aromatic nitrogens is 1. The molecule has 1 amide bonds. The van der Waals surface area contributed by atoms with Crippen LogP contribution in [0.3, 0.4) is 0 Å². The van der Waals surface area contributed by atoms with Gasteiger partial charge in [0.15, 0.2) is 0 Å². The third kappa shape index (κ3) is 5.70. The van der Waals surface area contributed by atoms with Crippen LogP contribution in [0.2, 0.25) is 0 Å². The van der Waals surface area contributed by atoms with E-state index in [4.69, 9.17) is 5.73 Å². The number of carbonyl (C=O) groups is 1. The van der Waals surface area contributed by atoms with E-state index in [0.717, 1.165) is 17.8 Å². The number of hydrogen-bond acceptors (Lipinski definition) is 4. The molecule has 0 spiro atoms. The molecular weight excluding hydrogens is 258 g/mol. The Kier molecular flexibility index (Phi) is 7.02. The Balaban J connectivity index is 2.34. The first kappa shape index (κ1) is 16.1. The molecule has 1 aromatic heterocycles. The van der Waals surface area contributed by atoms with Crippen molar-refractivity contribution < 1.29 is 4.79 Å². The molecule has 1 heterocycles. The third-order valence-corrected chi connectivity index (χ3v) is 4.38. The van der Waals surface area contributed by atoms with E-state index in [-0.39, 0.29) is 11.9 Å². The van der Waals surface area contributed by atoms with E-state index in [0.29, 0.717) is 24.8 Å². The SMILES string of the molecule is CC(NC(=O)CCC(CCN)C(C)C)c1nccs1. The van der Waals surface area contributed by atoms with Crippen molar-refractivity contribution in [3.63, 3.8) is 0 Å². The van der Waals surface area contributed by atoms with Gasteiger partial charge in [0.25, 0.3) is 0 Å². The maximum Gasteiger partial charge on any atom is 0.220 e. The predicted molar refractivity (Wildman–Crippen MR) is 79.9 cm³/mol. The largest absolute Gasteiger partial charge is 0.347 e. The maximum absolute atomic E-state index is 11.9. The Hall–Kier alpha value is -0.940. The fourth-order valence-corrected chi connectivity index (χ4v) is 2.81. The summed E-state index contributed by atoms with van der Waals surface area (Å²) in [6.45, 7) is 7.05. The highest BCUT2D eigenvalue weighted by atomic mass is 32.1. The number of hydrogen-bond donors (Lipinski definition) is 2. The first-order chi connectivity index (χ1) is 9.04. The van der Waals surface area contributed by atoms with Gasteiger partial charge >= 0.3 is 0 Å². The van der Waals surface area contributed by atoms with E-state index >= 15 is 0 Å². The summed E-state index contributed by atoms with van der Waals surface area (Å²) < 4.78 is 0. The highest BCUT2D eigenvalue weighted by molar-refractivity contribution is 7.09. The van der Waals surface area contributed by atoms with Crippen molar-refractivity contribution in [2.45, 2.75) is 46.1 Å². The molecule has 1 aromatic rings. The summed E-state index contributed by atoms with van der Waals surface area (Å²) in [5.41, 5.74) is 5.61. The topological polar surface area (TPSA) is 68.0 Å². The minimum atomic E-state index is -0.000455. The standard InChI is InChI=1S/C14H25N3OS/c1-10(2)12(6-7-15)4-5-13(18)17-11(3)14-16-8-9-19-14/h8-12H,4-7,15H2,1-3H3,(H,17,18). The molecule has 0 saturated carbocycles. The molecule has 0 aromatic carbocycles. The summed E-state index contributed by atoms with van der Waals surface area (Å²) in [5, 5.41) is 5.88. The minimum absolute atomic E-state index is 0.000455. The second-order valence-electron chi connectivity index (χ2n) is 5.28. The lowest BCUT2D eigenvalue weighted by molar-refractivity contribution is -0.122. The average Bonchev–Trinajstić information content (AvgIpc) is 2.87. The summed E-state index contributed by atoms with van der Waals surface area (Å²) in [7, 11) is 0. The fraction of sp³-hybridized carbons (Fsp3) is 0.714. The Labute approximate surface area is 119 Å². The van der Waals surface area contributed by atoms with Crippen molar-refractivity contribution >= 4 is 17.2 Å². The summed E-state index contributed by atoms with van der Waals surface area (Å²) in [4.78, 5) is 16.1. The van der Waals surface area contributed by atoms with Crippen LogP contribution in [0.25, 0.3) is 0 Å². The van der Waals surface area contributed by atoms with Gasteiger partial charge in [0.2, 0.25) is 5.91 Å². The van der Waals surface area contributed by atoms with Crippen molar-refractivity contribution in [1.29, 1.82) is 0 Å². The van der Waals surface area contributed by atoms with Gasteiger partial charge in [-0.1, -0.05) is 13.8 Å². The van der Waals surface area contributed by atoms with E-state index in [1.165, 1.54) is 0 Å². The number of rotatable bonds is 8. The lowest BCUT2D eigenvalue weighted by Gasteiger charge is -2.20. The average molecular weight is 283 g/mol. The molecule has 4 nitrogen and oxygen atoms in total. The van der Waals surface area contributed by atoms with Crippen molar-refractivity contribution in [2.75, 3.05) is 6.54 Å². The van der Waals surface area contributed by atoms with Gasteiger partial charge < -0.3 is 11.1 Å². The number of nitrogens with zero attached hydrogens (tertiary/aromatic N) is 1. The second kappa shape index (κ2) is 8.27. The third-order valence-electron chi connectivity index (χ3n) is 3.42. The maximum atomic E-state index is 11.9. The van der Waals surface area contributed by atoms with Crippen LogP contribution in [0.5, 0.6) is 0 Å². The van der Waals surface area contributed by atoms with Crippen LogP contribution in [-0.2, 0) is 4.79 Å². The van der Waals surface area contributed by atoms with E-state index in [1.807, 2.05) is 12.3 Å². The number of nitrogens with two attached hydrogens (primary N) is 1. The van der Waals surface area contributed by atoms with E-state index in [1.54, 1.807) is 17.5 Å². The molecule has 3 N–H and O–H groups in total. The number of nitrogens with one attached hydrogen (secondary N) is 1. The van der Waals surface area contributed by atoms with E-state index in [9.17, 15) is 4.79 Å². The molecule has 0 fully saturated rings. The Morgan fingerprint density at radius 3 is 2.68 bits per heavy atom. The number of thiazole rings is 1. The fourth-order valence-electron chi connectivity index (χ4n) is 2.17. The Bertz CT molecular complexity index is 365. The first-order valence-electron chi connectivity index (χ1n) is 6.93. The van der Waals surface area contributed by atoms with E-state index in [2.05, 4.69) is 24.1 Å². The summed E-state index contributed by atoms with van der Waals surface area (Å²) in [5.74, 6) is 1.21. The smallest absolute Gasteiger partial charge is 0.220 e. The van der Waals surface area contributed by atoms with Gasteiger partial charge in [0.05, 0.1) is 6.04 Å².